The molecule has 2 saturated heterocycles. The van der Waals surface area contributed by atoms with E-state index in [0.717, 1.165) is 0 Å². The maximum absolute atomic E-state index is 12.9. The van der Waals surface area contributed by atoms with Gasteiger partial charge in [0.1, 0.15) is 36.3 Å². The van der Waals surface area contributed by atoms with Crippen LogP contribution in [0.5, 0.6) is 0 Å². The third-order valence-corrected chi connectivity index (χ3v) is 14.7. The number of nitrogen functional groups attached to an aromatic ring is 1. The molecule has 9 atom stereocenters. The summed E-state index contributed by atoms with van der Waals surface area (Å²) in [6.07, 6.45) is -2.96. The number of aliphatic hydroxyl groups is 3. The maximum Gasteiger partial charge on any atom is 0.490 e. The Morgan fingerprint density at radius 1 is 0.825 bits per heavy atom. The molecule has 38 heteroatoms. The van der Waals surface area contributed by atoms with Crippen molar-refractivity contribution in [2.75, 3.05) is 118 Å². The van der Waals surface area contributed by atoms with Gasteiger partial charge in [0, 0.05) is 19.5 Å². The van der Waals surface area contributed by atoms with Gasteiger partial charge in [-0.25, -0.2) is 18.4 Å². The summed E-state index contributed by atoms with van der Waals surface area (Å²) < 4.78 is 105. The van der Waals surface area contributed by atoms with Gasteiger partial charge in [0.05, 0.1) is 149 Å². The van der Waals surface area contributed by atoms with Crippen LogP contribution in [0.25, 0.3) is 11.0 Å². The molecular weight excluding hydrogens is 1140 g/mol. The Labute approximate surface area is 456 Å². The Morgan fingerprint density at radius 3 is 2.09 bits per heavy atom. The number of fused-ring (bicyclic) bond motifs is 1. The number of carbonyl (C=O) groups excluding carboxylic acids is 2. The van der Waals surface area contributed by atoms with Gasteiger partial charge in [-0.2, -0.15) is 13.6 Å². The smallest absolute Gasteiger partial charge is 0.394 e. The largest absolute Gasteiger partial charge is 0.490 e. The molecule has 0 aromatic carbocycles. The Hall–Kier alpha value is -4.25. The molecule has 3 aromatic rings. The number of aromatic nitrogens is 6. The topological polar surface area (TPSA) is 478 Å². The standard InChI is InChI=1S/C42H68N9O26P3/c1-28(53)45-36-38(56)37(55)32(25-52)75-41(36)72-22-21-70-18-17-69-19-20-71-26-30-24-50(49-48-30)8-10-66-12-14-68-16-15-67-13-11-65-9-6-33(54)44-7-2-3-29-23-51(39-35(29)40(57)47-42(43)46-39)34-5-4-31(74-34)27-73-79(61,62)77-80(63,64)76-78(58,59)60/h23-24,31-32,34,36-38,41,52,55-56H,4-22,25-27H2,1H3,(H,44,54)(H,45,53)(H,61,62)(H,63,64)(H2,58,59,60)(H3,43,46,47,57)/t31-,32?,34+,36?,37+,38+,41+/m0/s1. The molecule has 5 rings (SSSR count). The highest BCUT2D eigenvalue weighted by atomic mass is 31.3. The average Bonchev–Trinajstić information content (AvgIpc) is 4.28. The monoisotopic (exact) mass is 1210 g/mol. The van der Waals surface area contributed by atoms with Gasteiger partial charge in [0.2, 0.25) is 17.8 Å². The number of hydrogen-bond donors (Lipinski definition) is 11. The van der Waals surface area contributed by atoms with Crippen molar-refractivity contribution in [1.82, 2.24) is 40.2 Å². The van der Waals surface area contributed by atoms with E-state index in [0.29, 0.717) is 65.1 Å². The second-order valence-electron chi connectivity index (χ2n) is 17.1. The van der Waals surface area contributed by atoms with Crippen molar-refractivity contribution < 1.29 is 119 Å². The zero-order valence-corrected chi connectivity index (χ0v) is 46.0. The van der Waals surface area contributed by atoms with E-state index in [1.54, 1.807) is 10.9 Å². The number of nitrogens with one attached hydrogen (secondary N) is 3. The molecule has 3 aromatic heterocycles. The highest BCUT2D eigenvalue weighted by molar-refractivity contribution is 7.66. The summed E-state index contributed by atoms with van der Waals surface area (Å²) in [4.78, 5) is 79.9. The molecule has 0 spiro atoms. The van der Waals surface area contributed by atoms with Gasteiger partial charge in [0.15, 0.2) is 11.9 Å². The van der Waals surface area contributed by atoms with E-state index in [-0.39, 0.29) is 101 Å². The molecule has 2 fully saturated rings. The molecule has 452 valence electrons. The molecule has 0 radical (unpaired) electrons. The lowest BCUT2D eigenvalue weighted by Gasteiger charge is -2.42. The molecule has 4 unspecified atom stereocenters. The first-order valence-corrected chi connectivity index (χ1v) is 29.2. The number of aromatic amines is 1. The lowest BCUT2D eigenvalue weighted by Crippen LogP contribution is -2.64. The quantitative estimate of drug-likeness (QED) is 0.0155. The first kappa shape index (κ1) is 66.5. The summed E-state index contributed by atoms with van der Waals surface area (Å²) in [6.45, 7) is 4.49. The predicted molar refractivity (Wildman–Crippen MR) is 268 cm³/mol. The number of H-pyrrole nitrogens is 1. The Morgan fingerprint density at radius 2 is 1.45 bits per heavy atom. The molecule has 2 amide bonds. The van der Waals surface area contributed by atoms with Crippen molar-refractivity contribution in [2.24, 2.45) is 0 Å². The lowest BCUT2D eigenvalue weighted by molar-refractivity contribution is -0.272. The van der Waals surface area contributed by atoms with Crippen LogP contribution in [0.4, 0.5) is 5.95 Å². The van der Waals surface area contributed by atoms with Gasteiger partial charge in [-0.15, -0.1) is 5.10 Å². The molecule has 0 bridgehead atoms. The lowest BCUT2D eigenvalue weighted by atomic mass is 9.97. The normalized spacial score (nSPS) is 21.9. The van der Waals surface area contributed by atoms with Crippen molar-refractivity contribution in [3.63, 3.8) is 0 Å². The fourth-order valence-corrected chi connectivity index (χ4v) is 10.5. The molecule has 35 nitrogen and oxygen atoms in total. The number of amides is 2. The van der Waals surface area contributed by atoms with E-state index >= 15 is 0 Å². The van der Waals surface area contributed by atoms with Crippen LogP contribution in [-0.2, 0) is 96.9 Å². The molecule has 2 aliphatic heterocycles. The zero-order valence-electron chi connectivity index (χ0n) is 43.3. The average molecular weight is 1210 g/mol. The Balaban J connectivity index is 0.824. The van der Waals surface area contributed by atoms with Crippen molar-refractivity contribution in [3.8, 4) is 11.8 Å². The van der Waals surface area contributed by atoms with Gasteiger partial charge in [0.25, 0.3) is 5.56 Å². The molecule has 2 aliphatic rings. The van der Waals surface area contributed by atoms with Gasteiger partial charge >= 0.3 is 23.5 Å². The van der Waals surface area contributed by atoms with Crippen LogP contribution in [0, 0.1) is 11.8 Å². The van der Waals surface area contributed by atoms with Gasteiger partial charge < -0.3 is 103 Å². The number of aliphatic hydroxyl groups excluding tert-OH is 3. The van der Waals surface area contributed by atoms with E-state index in [9.17, 15) is 53.2 Å². The van der Waals surface area contributed by atoms with Crippen LogP contribution in [0.3, 0.4) is 0 Å². The highest BCUT2D eigenvalue weighted by Gasteiger charge is 2.45. The third-order valence-electron chi connectivity index (χ3n) is 10.9. The van der Waals surface area contributed by atoms with Gasteiger partial charge in [-0.05, 0) is 12.8 Å². The number of rotatable bonds is 38. The summed E-state index contributed by atoms with van der Waals surface area (Å²) in [5.41, 5.74) is 6.13. The van der Waals surface area contributed by atoms with Crippen LogP contribution in [0.2, 0.25) is 0 Å². The van der Waals surface area contributed by atoms with Crippen LogP contribution in [-0.4, -0.2) is 225 Å². The van der Waals surface area contributed by atoms with E-state index in [1.807, 2.05) is 0 Å². The number of anilines is 1. The fourth-order valence-electron chi connectivity index (χ4n) is 7.40. The fraction of sp³-hybridized carbons (Fsp3) is 0.714. The maximum atomic E-state index is 12.9. The van der Waals surface area contributed by atoms with E-state index in [1.165, 1.54) is 17.7 Å². The summed E-state index contributed by atoms with van der Waals surface area (Å²) in [6, 6.07) is -1.03. The summed E-state index contributed by atoms with van der Waals surface area (Å²) in [5, 5.41) is 43.2. The number of carbonyl (C=O) groups is 2. The number of phosphoric ester groups is 1. The Kier molecular flexibility index (Phi) is 28.1. The predicted octanol–water partition coefficient (Wildman–Crippen LogP) is -2.95. The second-order valence-corrected chi connectivity index (χ2v) is 21.5. The van der Waals surface area contributed by atoms with Crippen molar-refractivity contribution in [3.05, 3.63) is 34.0 Å². The van der Waals surface area contributed by atoms with Crippen molar-refractivity contribution >= 4 is 52.3 Å². The SMILES string of the molecule is CC(=O)NC1[C@H](OCCOCCOCCOCc2cn(CCOCCOCCOCCOCCC(=O)NCC#Cc3cn([C@H]4CC[C@@H](COP(=O)(O)OP(=O)(O)OP(=O)(O)O)O4)c4nc(N)[nH]c(=O)c34)nn2)OC(CO)[C@@H](O)[C@@H]1O. The summed E-state index contributed by atoms with van der Waals surface area (Å²) >= 11 is 0. The molecular formula is C42H68N9O26P3. The second kappa shape index (κ2) is 33.8. The third kappa shape index (κ3) is 23.9. The van der Waals surface area contributed by atoms with E-state index in [2.05, 4.69) is 55.9 Å². The summed E-state index contributed by atoms with van der Waals surface area (Å²) in [7, 11) is -16.7. The molecule has 12 N–H and O–H groups in total. The first-order chi connectivity index (χ1) is 38.1. The number of phosphoric acid groups is 3. The van der Waals surface area contributed by atoms with Crippen LogP contribution >= 0.6 is 23.5 Å². The van der Waals surface area contributed by atoms with Crippen LogP contribution in [0.15, 0.2) is 17.2 Å². The number of ether oxygens (including phenoxy) is 10. The van der Waals surface area contributed by atoms with Crippen LogP contribution in [0.1, 0.15) is 43.7 Å². The minimum absolute atomic E-state index is 0.0405. The molecule has 0 saturated carbocycles. The Bertz CT molecular complexity index is 2670. The van der Waals surface area contributed by atoms with Crippen molar-refractivity contribution in [2.45, 2.75) is 82.3 Å². The number of hydrogen-bond acceptors (Lipinski definition) is 26. The van der Waals surface area contributed by atoms with Gasteiger partial charge in [-0.3, -0.25) is 23.9 Å². The number of nitrogens with two attached hydrogens (primary N) is 1. The minimum atomic E-state index is -5.71. The van der Waals surface area contributed by atoms with E-state index < -0.39 is 91.1 Å². The minimum Gasteiger partial charge on any atom is -0.394 e. The molecule has 5 heterocycles. The summed E-state index contributed by atoms with van der Waals surface area (Å²) in [5.74, 6) is 4.60. The zero-order chi connectivity index (χ0) is 58.1. The molecule has 0 aliphatic carbocycles. The molecule has 80 heavy (non-hydrogen) atoms. The van der Waals surface area contributed by atoms with Crippen LogP contribution < -0.4 is 21.9 Å². The van der Waals surface area contributed by atoms with Gasteiger partial charge in [-0.1, -0.05) is 17.1 Å². The first-order valence-electron chi connectivity index (χ1n) is 24.7. The number of nitrogens with zero attached hydrogens (tertiary/aromatic N) is 5. The van der Waals surface area contributed by atoms with Crippen molar-refractivity contribution in [1.29, 1.82) is 0 Å². The highest BCUT2D eigenvalue weighted by Crippen LogP contribution is 2.66. The van der Waals surface area contributed by atoms with E-state index in [4.69, 9.17) is 62.9 Å².